The van der Waals surface area contributed by atoms with Crippen molar-refractivity contribution in [1.29, 1.82) is 0 Å². The van der Waals surface area contributed by atoms with E-state index in [1.165, 1.54) is 33.7 Å². The van der Waals surface area contributed by atoms with Crippen molar-refractivity contribution in [1.82, 2.24) is 4.90 Å². The van der Waals surface area contributed by atoms with Crippen molar-refractivity contribution in [3.63, 3.8) is 0 Å². The molecule has 0 saturated carbocycles. The lowest BCUT2D eigenvalue weighted by Crippen LogP contribution is -2.40. The molecule has 5 rings (SSSR count). The fourth-order valence-electron chi connectivity index (χ4n) is 5.34. The van der Waals surface area contributed by atoms with E-state index in [1.54, 1.807) is 6.92 Å². The summed E-state index contributed by atoms with van der Waals surface area (Å²) in [5.41, 5.74) is 4.02. The van der Waals surface area contributed by atoms with Crippen molar-refractivity contribution in [2.45, 2.75) is 50.7 Å². The Morgan fingerprint density at radius 3 is 2.58 bits per heavy atom. The van der Waals surface area contributed by atoms with Crippen LogP contribution in [0.25, 0.3) is 6.08 Å². The number of hydrogen-bond acceptors (Lipinski definition) is 4. The minimum Gasteiger partial charge on any atom is -0.488 e. The van der Waals surface area contributed by atoms with E-state index in [2.05, 4.69) is 65.3 Å². The predicted octanol–water partition coefficient (Wildman–Crippen LogP) is 6.47. The average molecular weight is 498 g/mol. The van der Waals surface area contributed by atoms with Gasteiger partial charge < -0.3 is 9.84 Å². The summed E-state index contributed by atoms with van der Waals surface area (Å²) in [6, 6.07) is 20.8. The van der Waals surface area contributed by atoms with Crippen LogP contribution in [-0.2, 0) is 23.4 Å². The fraction of sp³-hybridized carbons (Fsp3) is 0.323. The van der Waals surface area contributed by atoms with Gasteiger partial charge in [0.1, 0.15) is 12.4 Å². The molecular weight excluding hydrogens is 466 g/mol. The van der Waals surface area contributed by atoms with Crippen LogP contribution in [0.5, 0.6) is 5.75 Å². The van der Waals surface area contributed by atoms with Crippen molar-refractivity contribution < 1.29 is 14.6 Å². The molecule has 1 fully saturated rings. The molecule has 4 nitrogen and oxygen atoms in total. The van der Waals surface area contributed by atoms with Gasteiger partial charge in [-0.1, -0.05) is 54.5 Å². The highest BCUT2D eigenvalue weighted by molar-refractivity contribution is 7.11. The first kappa shape index (κ1) is 24.4. The molecule has 1 aliphatic heterocycles. The van der Waals surface area contributed by atoms with Crippen LogP contribution in [-0.4, -0.2) is 29.1 Å². The zero-order valence-electron chi connectivity index (χ0n) is 20.6. The summed E-state index contributed by atoms with van der Waals surface area (Å²) in [6.07, 6.45) is 7.09. The second kappa shape index (κ2) is 10.7. The van der Waals surface area contributed by atoms with Gasteiger partial charge >= 0.3 is 5.97 Å². The second-order valence-electron chi connectivity index (χ2n) is 9.62. The van der Waals surface area contributed by atoms with Crippen molar-refractivity contribution in [3.05, 3.63) is 93.2 Å². The lowest BCUT2D eigenvalue weighted by Gasteiger charge is -2.39. The number of carboxylic acid groups (broad SMARTS) is 1. The molecule has 1 atom stereocenters. The van der Waals surface area contributed by atoms with Gasteiger partial charge in [0.15, 0.2) is 0 Å². The van der Waals surface area contributed by atoms with Gasteiger partial charge in [-0.15, -0.1) is 17.3 Å². The van der Waals surface area contributed by atoms with Crippen LogP contribution in [0.15, 0.2) is 66.7 Å². The Morgan fingerprint density at radius 1 is 1.08 bits per heavy atom. The van der Waals surface area contributed by atoms with Crippen LogP contribution in [0.3, 0.4) is 0 Å². The van der Waals surface area contributed by atoms with Crippen LogP contribution in [0.2, 0.25) is 0 Å². The Bertz CT molecular complexity index is 1300. The number of hydrogen-bond donors (Lipinski definition) is 1. The normalized spacial score (nSPS) is 16.8. The number of allylic oxidation sites excluding steroid dienone is 1. The third kappa shape index (κ3) is 5.41. The molecule has 36 heavy (non-hydrogen) atoms. The smallest absolute Gasteiger partial charge is 0.304 e. The van der Waals surface area contributed by atoms with Gasteiger partial charge in [0.25, 0.3) is 0 Å². The molecule has 1 unspecified atom stereocenters. The monoisotopic (exact) mass is 497 g/mol. The molecule has 1 N–H and O–H groups in total. The maximum absolute atomic E-state index is 11.1. The number of fused-ring (bicyclic) bond motifs is 2. The second-order valence-corrected chi connectivity index (χ2v) is 10.9. The molecule has 1 saturated heterocycles. The number of aliphatic carboxylic acids is 1. The van der Waals surface area contributed by atoms with Gasteiger partial charge in [-0.05, 0) is 73.8 Å². The number of benzene rings is 2. The molecule has 2 heterocycles. The number of carboxylic acids is 1. The van der Waals surface area contributed by atoms with E-state index >= 15 is 0 Å². The molecule has 184 valence electrons. The lowest BCUT2D eigenvalue weighted by atomic mass is 9.74. The van der Waals surface area contributed by atoms with Crippen molar-refractivity contribution in [2.24, 2.45) is 0 Å². The van der Waals surface area contributed by atoms with E-state index in [0.717, 1.165) is 30.9 Å². The van der Waals surface area contributed by atoms with E-state index in [4.69, 9.17) is 9.84 Å². The first-order valence-corrected chi connectivity index (χ1v) is 13.3. The Labute approximate surface area is 217 Å². The van der Waals surface area contributed by atoms with Crippen LogP contribution >= 0.6 is 11.3 Å². The molecule has 1 aliphatic carbocycles. The standard InChI is InChI=1S/C31H31NO3S/c1-2-5-25(20-30(33)34)23-8-10-26(11-9-23)35-22-28-13-12-27(36-28)21-32-18-16-31(17-19-32)15-14-24-6-3-4-7-29(24)31/h3-4,6-15,25H,16-22H2,1H3,(H,33,34). The van der Waals surface area contributed by atoms with Crippen LogP contribution in [0.4, 0.5) is 0 Å². The number of piperidine rings is 1. The highest BCUT2D eigenvalue weighted by atomic mass is 32.1. The maximum atomic E-state index is 11.1. The third-order valence-corrected chi connectivity index (χ3v) is 8.33. The Balaban J connectivity index is 1.12. The highest BCUT2D eigenvalue weighted by Gasteiger charge is 2.37. The zero-order chi connectivity index (χ0) is 25.0. The minimum atomic E-state index is -0.846. The summed E-state index contributed by atoms with van der Waals surface area (Å²) in [5.74, 6) is 5.45. The molecule has 5 heteroatoms. The Kier molecular flexibility index (Phi) is 7.27. The van der Waals surface area contributed by atoms with Gasteiger partial charge in [-0.3, -0.25) is 9.69 Å². The Hall–Kier alpha value is -3.33. The molecule has 0 bridgehead atoms. The van der Waals surface area contributed by atoms with E-state index in [9.17, 15) is 4.79 Å². The zero-order valence-corrected chi connectivity index (χ0v) is 21.4. The molecule has 0 radical (unpaired) electrons. The lowest BCUT2D eigenvalue weighted by molar-refractivity contribution is -0.137. The van der Waals surface area contributed by atoms with Gasteiger partial charge in [-0.25, -0.2) is 0 Å². The van der Waals surface area contributed by atoms with E-state index in [1.807, 2.05) is 35.6 Å². The van der Waals surface area contributed by atoms with Gasteiger partial charge in [0, 0.05) is 21.7 Å². The summed E-state index contributed by atoms with van der Waals surface area (Å²) < 4.78 is 6.00. The molecule has 1 aromatic heterocycles. The minimum absolute atomic E-state index is 0.00100. The van der Waals surface area contributed by atoms with Crippen molar-refractivity contribution >= 4 is 23.4 Å². The molecule has 1 spiro atoms. The van der Waals surface area contributed by atoms with Gasteiger partial charge in [0.2, 0.25) is 0 Å². The van der Waals surface area contributed by atoms with E-state index in [-0.39, 0.29) is 17.8 Å². The van der Waals surface area contributed by atoms with Crippen molar-refractivity contribution in [3.8, 4) is 17.6 Å². The molecule has 3 aromatic rings. The van der Waals surface area contributed by atoms with E-state index < -0.39 is 5.97 Å². The van der Waals surface area contributed by atoms with Crippen LogP contribution in [0, 0.1) is 11.8 Å². The van der Waals surface area contributed by atoms with Crippen molar-refractivity contribution in [2.75, 3.05) is 13.1 Å². The summed E-state index contributed by atoms with van der Waals surface area (Å²) in [4.78, 5) is 16.3. The number of thiophene rings is 1. The number of likely N-dealkylation sites (tertiary alicyclic amines) is 1. The molecule has 2 aliphatic rings. The van der Waals surface area contributed by atoms with Gasteiger partial charge in [-0.2, -0.15) is 0 Å². The first-order valence-electron chi connectivity index (χ1n) is 12.5. The summed E-state index contributed by atoms with van der Waals surface area (Å²) in [7, 11) is 0. The SMILES string of the molecule is CC#CC(CC(=O)O)c1ccc(OCc2ccc(CN3CCC4(C=Cc5ccccc54)CC3)s2)cc1. The quantitative estimate of drug-likeness (QED) is 0.363. The number of ether oxygens (including phenoxy) is 1. The number of nitrogens with zero attached hydrogens (tertiary/aromatic N) is 1. The molecule has 0 amide bonds. The highest BCUT2D eigenvalue weighted by Crippen LogP contribution is 2.43. The van der Waals surface area contributed by atoms with Gasteiger partial charge in [0.05, 0.1) is 12.3 Å². The number of rotatable bonds is 8. The van der Waals surface area contributed by atoms with Crippen LogP contribution in [0.1, 0.15) is 58.5 Å². The third-order valence-electron chi connectivity index (χ3n) is 7.29. The predicted molar refractivity (Wildman–Crippen MR) is 145 cm³/mol. The number of carbonyl (C=O) groups is 1. The van der Waals surface area contributed by atoms with E-state index in [0.29, 0.717) is 6.61 Å². The summed E-state index contributed by atoms with van der Waals surface area (Å²) >= 11 is 1.82. The summed E-state index contributed by atoms with van der Waals surface area (Å²) in [6.45, 7) is 5.47. The largest absolute Gasteiger partial charge is 0.488 e. The fourth-order valence-corrected chi connectivity index (χ4v) is 6.31. The first-order chi connectivity index (χ1) is 17.5. The maximum Gasteiger partial charge on any atom is 0.304 e. The van der Waals surface area contributed by atoms with Crippen LogP contribution < -0.4 is 4.74 Å². The topological polar surface area (TPSA) is 49.8 Å². The average Bonchev–Trinajstić information content (AvgIpc) is 3.49. The Morgan fingerprint density at radius 2 is 1.83 bits per heavy atom. The molecule has 2 aromatic carbocycles. The summed E-state index contributed by atoms with van der Waals surface area (Å²) in [5, 5.41) is 9.13. The molecular formula is C31H31NO3S.